The maximum atomic E-state index is 12.7. The van der Waals surface area contributed by atoms with Gasteiger partial charge < -0.3 is 9.30 Å². The van der Waals surface area contributed by atoms with E-state index >= 15 is 0 Å². The molecule has 1 atom stereocenters. The first-order valence-electron chi connectivity index (χ1n) is 19.4. The summed E-state index contributed by atoms with van der Waals surface area (Å²) in [7, 11) is 2.25. The topological polar surface area (TPSA) is 44.1 Å². The van der Waals surface area contributed by atoms with Crippen LogP contribution >= 0.6 is 0 Å². The molecule has 0 radical (unpaired) electrons. The van der Waals surface area contributed by atoms with Crippen LogP contribution in [-0.2, 0) is 35.5 Å². The van der Waals surface area contributed by atoms with Crippen molar-refractivity contribution in [2.75, 3.05) is 20.3 Å². The lowest BCUT2D eigenvalue weighted by Gasteiger charge is -2.37. The van der Waals surface area contributed by atoms with Gasteiger partial charge in [0.15, 0.2) is 0 Å². The average molecular weight is 645 g/mol. The van der Waals surface area contributed by atoms with E-state index < -0.39 is 0 Å². The van der Waals surface area contributed by atoms with E-state index in [0.29, 0.717) is 13.2 Å². The highest BCUT2D eigenvalue weighted by Gasteiger charge is 2.34. The van der Waals surface area contributed by atoms with Crippen molar-refractivity contribution < 1.29 is 14.0 Å². The molecule has 0 saturated heterocycles. The highest BCUT2D eigenvalue weighted by atomic mass is 16.5. The molecule has 0 amide bonds. The predicted octanol–water partition coefficient (Wildman–Crippen LogP) is 10.9. The monoisotopic (exact) mass is 645 g/mol. The minimum Gasteiger partial charge on any atom is -0.415 e. The molecule has 3 heterocycles. The lowest BCUT2D eigenvalue weighted by Crippen LogP contribution is -2.49. The van der Waals surface area contributed by atoms with E-state index in [1.807, 2.05) is 13.1 Å². The molecule has 0 spiro atoms. The molecule has 1 aromatic carbocycles. The molecule has 0 aliphatic carbocycles. The Morgan fingerprint density at radius 3 is 2.04 bits per heavy atom. The van der Waals surface area contributed by atoms with Gasteiger partial charge in [-0.1, -0.05) is 127 Å². The van der Waals surface area contributed by atoms with Gasteiger partial charge in [-0.05, 0) is 50.5 Å². The van der Waals surface area contributed by atoms with Crippen LogP contribution in [-0.4, -0.2) is 40.3 Å². The van der Waals surface area contributed by atoms with Gasteiger partial charge in [0.1, 0.15) is 6.54 Å². The van der Waals surface area contributed by atoms with Gasteiger partial charge in [-0.15, -0.1) is 0 Å². The number of benzene rings is 1. The van der Waals surface area contributed by atoms with Crippen LogP contribution in [0.4, 0.5) is 0 Å². The number of nitrogens with zero attached hydrogens (tertiary/aromatic N) is 3. The number of rotatable bonds is 23. The van der Waals surface area contributed by atoms with Crippen LogP contribution in [0.2, 0.25) is 0 Å². The van der Waals surface area contributed by atoms with E-state index in [-0.39, 0.29) is 5.97 Å². The first kappa shape index (κ1) is 37.2. The predicted molar refractivity (Wildman–Crippen MR) is 198 cm³/mol. The van der Waals surface area contributed by atoms with Gasteiger partial charge in [0.05, 0.1) is 13.6 Å². The van der Waals surface area contributed by atoms with E-state index in [9.17, 15) is 4.79 Å². The van der Waals surface area contributed by atoms with Gasteiger partial charge in [-0.2, -0.15) is 0 Å². The van der Waals surface area contributed by atoms with Crippen LogP contribution in [0, 0.1) is 13.8 Å². The molecule has 1 aliphatic rings. The summed E-state index contributed by atoms with van der Waals surface area (Å²) in [5, 5.41) is 1.36. The number of likely N-dealkylation sites (N-methyl/N-ethyl adjacent to an activating group) is 1. The van der Waals surface area contributed by atoms with Gasteiger partial charge in [0.25, 0.3) is 0 Å². The third-order valence-electron chi connectivity index (χ3n) is 10.5. The van der Waals surface area contributed by atoms with Crippen molar-refractivity contribution in [2.24, 2.45) is 0 Å². The number of hydrogen-bond acceptors (Lipinski definition) is 3. The van der Waals surface area contributed by atoms with Crippen LogP contribution in [0.15, 0.2) is 36.5 Å². The van der Waals surface area contributed by atoms with Crippen LogP contribution in [0.3, 0.4) is 0 Å². The number of ether oxygens (including phenoxy) is 1. The summed E-state index contributed by atoms with van der Waals surface area (Å²) in [6.07, 6.45) is 27.5. The number of aryl methyl sites for hydroxylation is 4. The molecule has 0 bridgehead atoms. The number of carbonyl (C=O) groups is 1. The van der Waals surface area contributed by atoms with Crippen molar-refractivity contribution in [1.29, 1.82) is 0 Å². The maximum absolute atomic E-state index is 12.7. The SMILES string of the molecule is CCCCCCCCCCCCCCCCCCCC(=O)OC[N+]1(C)CCc2c(c3cc(C)ccc3n2CCc2ccc(C)nc2)C1. The Labute approximate surface area is 287 Å². The lowest BCUT2D eigenvalue weighted by atomic mass is 10.0. The summed E-state index contributed by atoms with van der Waals surface area (Å²) < 4.78 is 9.20. The van der Waals surface area contributed by atoms with Crippen LogP contribution < -0.4 is 0 Å². The number of hydrogen-bond donors (Lipinski definition) is 0. The minimum atomic E-state index is -0.0268. The fourth-order valence-electron chi connectivity index (χ4n) is 7.44. The molecule has 47 heavy (non-hydrogen) atoms. The number of quaternary nitrogens is 1. The molecule has 1 unspecified atom stereocenters. The van der Waals surface area contributed by atoms with E-state index in [0.717, 1.165) is 55.5 Å². The lowest BCUT2D eigenvalue weighted by molar-refractivity contribution is -0.940. The molecule has 3 aromatic rings. The normalized spacial score (nSPS) is 16.1. The van der Waals surface area contributed by atoms with Crippen LogP contribution in [0.1, 0.15) is 151 Å². The smallest absolute Gasteiger partial charge is 0.310 e. The standard InChI is InChI=1S/C42H66N3O2/c1-5-6-7-8-9-10-11-12-13-14-15-16-17-18-19-20-21-22-42(46)47-34-45(4)30-28-41-39(33-45)38-31-35(2)23-26-40(38)44(41)29-27-37-25-24-36(3)43-32-37/h23-26,31-32H,5-22,27-30,33-34H2,1-4H3/q+1. The molecular weight excluding hydrogens is 578 g/mol. The second-order valence-corrected chi connectivity index (χ2v) is 15.0. The van der Waals surface area contributed by atoms with E-state index in [1.54, 1.807) is 0 Å². The number of aromatic nitrogens is 2. The second-order valence-electron chi connectivity index (χ2n) is 15.0. The van der Waals surface area contributed by atoms with Crippen molar-refractivity contribution in [3.05, 3.63) is 64.6 Å². The highest BCUT2D eigenvalue weighted by Crippen LogP contribution is 2.34. The Hall–Kier alpha value is -2.66. The maximum Gasteiger partial charge on any atom is 0.310 e. The van der Waals surface area contributed by atoms with E-state index in [2.05, 4.69) is 60.8 Å². The number of pyridine rings is 1. The fourth-order valence-corrected chi connectivity index (χ4v) is 7.44. The molecule has 5 heteroatoms. The number of unbranched alkanes of at least 4 members (excludes halogenated alkanes) is 16. The molecule has 2 aromatic heterocycles. The molecule has 5 nitrogen and oxygen atoms in total. The molecular formula is C42H66N3O2+. The van der Waals surface area contributed by atoms with E-state index in [1.165, 1.54) is 130 Å². The molecule has 4 rings (SSSR count). The van der Waals surface area contributed by atoms with Gasteiger partial charge in [0.2, 0.25) is 6.73 Å². The average Bonchev–Trinajstić information content (AvgIpc) is 3.36. The van der Waals surface area contributed by atoms with Gasteiger partial charge in [-0.3, -0.25) is 14.3 Å². The molecule has 1 aliphatic heterocycles. The van der Waals surface area contributed by atoms with Gasteiger partial charge in [0, 0.05) is 53.4 Å². The van der Waals surface area contributed by atoms with Crippen molar-refractivity contribution in [2.45, 2.75) is 162 Å². The quantitative estimate of drug-likeness (QED) is 0.0586. The summed E-state index contributed by atoms with van der Waals surface area (Å²) in [6.45, 7) is 9.82. The zero-order valence-electron chi connectivity index (χ0n) is 30.6. The number of fused-ring (bicyclic) bond motifs is 3. The van der Waals surface area contributed by atoms with Gasteiger partial charge >= 0.3 is 5.97 Å². The Bertz CT molecular complexity index is 1340. The summed E-state index contributed by atoms with van der Waals surface area (Å²) >= 11 is 0. The zero-order chi connectivity index (χ0) is 33.3. The molecule has 0 saturated carbocycles. The fraction of sp³-hybridized carbons (Fsp3) is 0.667. The largest absolute Gasteiger partial charge is 0.415 e. The van der Waals surface area contributed by atoms with Crippen molar-refractivity contribution in [1.82, 2.24) is 9.55 Å². The molecule has 0 fully saturated rings. The van der Waals surface area contributed by atoms with Crippen molar-refractivity contribution in [3.63, 3.8) is 0 Å². The number of carbonyl (C=O) groups excluding carboxylic acids is 1. The third-order valence-corrected chi connectivity index (χ3v) is 10.5. The first-order chi connectivity index (χ1) is 22.9. The summed E-state index contributed by atoms with van der Waals surface area (Å²) in [6, 6.07) is 11.2. The minimum absolute atomic E-state index is 0.0268. The second kappa shape index (κ2) is 20.0. The summed E-state index contributed by atoms with van der Waals surface area (Å²) in [4.78, 5) is 17.2. The Morgan fingerprint density at radius 1 is 0.830 bits per heavy atom. The first-order valence-corrected chi connectivity index (χ1v) is 19.4. The van der Waals surface area contributed by atoms with Gasteiger partial charge in [-0.25, -0.2) is 0 Å². The van der Waals surface area contributed by atoms with E-state index in [4.69, 9.17) is 4.74 Å². The summed E-state index contributed by atoms with van der Waals surface area (Å²) in [5.41, 5.74) is 7.84. The van der Waals surface area contributed by atoms with Crippen LogP contribution in [0.5, 0.6) is 0 Å². The molecule has 260 valence electrons. The zero-order valence-corrected chi connectivity index (χ0v) is 30.6. The number of esters is 1. The summed E-state index contributed by atoms with van der Waals surface area (Å²) in [5.74, 6) is -0.0268. The Balaban J connectivity index is 1.10. The van der Waals surface area contributed by atoms with Crippen molar-refractivity contribution >= 4 is 16.9 Å². The van der Waals surface area contributed by atoms with Crippen LogP contribution in [0.25, 0.3) is 10.9 Å². The molecule has 0 N–H and O–H groups in total. The Morgan fingerprint density at radius 2 is 1.45 bits per heavy atom. The highest BCUT2D eigenvalue weighted by molar-refractivity contribution is 5.86. The third kappa shape index (κ3) is 12.4. The van der Waals surface area contributed by atoms with Crippen molar-refractivity contribution in [3.8, 4) is 0 Å². The Kier molecular flexibility index (Phi) is 15.8.